The van der Waals surface area contributed by atoms with E-state index < -0.39 is 0 Å². The topological polar surface area (TPSA) is 75.7 Å². The molecule has 5 heteroatoms. The van der Waals surface area contributed by atoms with Crippen LogP contribution in [0.25, 0.3) is 0 Å². The van der Waals surface area contributed by atoms with Gasteiger partial charge in [-0.15, -0.1) is 16.9 Å². The lowest BCUT2D eigenvalue weighted by molar-refractivity contribution is 0.878. The molecule has 0 spiro atoms. The molecule has 1 heterocycles. The van der Waals surface area contributed by atoms with Gasteiger partial charge in [0.1, 0.15) is 10.9 Å². The van der Waals surface area contributed by atoms with Crippen molar-refractivity contribution in [2.75, 3.05) is 0 Å². The number of nitrogens with two attached hydrogens (primary N) is 1. The van der Waals surface area contributed by atoms with Crippen LogP contribution in [0.2, 0.25) is 0 Å². The second-order valence-corrected chi connectivity index (χ2v) is 4.98. The summed E-state index contributed by atoms with van der Waals surface area (Å²) in [6.07, 6.45) is 6.65. The molecule has 0 aliphatic heterocycles. The summed E-state index contributed by atoms with van der Waals surface area (Å²) in [6.45, 7) is 0. The van der Waals surface area contributed by atoms with Gasteiger partial charge >= 0.3 is 0 Å². The number of thioether (sulfide) groups is 1. The monoisotopic (exact) mass is 222 g/mol. The van der Waals surface area contributed by atoms with E-state index >= 15 is 0 Å². The van der Waals surface area contributed by atoms with E-state index in [1.54, 1.807) is 24.0 Å². The Morgan fingerprint density at radius 1 is 1.47 bits per heavy atom. The van der Waals surface area contributed by atoms with E-state index in [9.17, 15) is 0 Å². The maximum atomic E-state index is 7.45. The summed E-state index contributed by atoms with van der Waals surface area (Å²) in [7, 11) is 0. The average Bonchev–Trinajstić information content (AvgIpc) is 2.71. The highest BCUT2D eigenvalue weighted by Gasteiger charge is 2.19. The van der Waals surface area contributed by atoms with Crippen LogP contribution >= 0.6 is 11.8 Å². The number of hydrogen-bond acceptors (Lipinski definition) is 4. The van der Waals surface area contributed by atoms with Crippen molar-refractivity contribution in [2.24, 2.45) is 5.73 Å². The van der Waals surface area contributed by atoms with Crippen molar-refractivity contribution in [3.63, 3.8) is 0 Å². The number of hydrogen-bond donors (Lipinski definition) is 2. The molecule has 0 saturated heterocycles. The second kappa shape index (κ2) is 4.61. The summed E-state index contributed by atoms with van der Waals surface area (Å²) < 4.78 is 0. The molecule has 2 rings (SSSR count). The predicted molar refractivity (Wildman–Crippen MR) is 61.2 cm³/mol. The standard InChI is InChI=1S/C10H14N4S/c11-9(12)8-5-6-13-14-10(8)15-7-3-1-2-4-7/h5-7H,1-4H2,(H3,11,12). The van der Waals surface area contributed by atoms with Gasteiger partial charge in [-0.2, -0.15) is 5.10 Å². The van der Waals surface area contributed by atoms with E-state index in [0.29, 0.717) is 10.8 Å². The minimum absolute atomic E-state index is 0.0744. The predicted octanol–water partition coefficient (Wildman–Crippen LogP) is 1.80. The maximum Gasteiger partial charge on any atom is 0.130 e. The Balaban J connectivity index is 2.15. The molecule has 0 unspecified atom stereocenters. The van der Waals surface area contributed by atoms with Crippen LogP contribution < -0.4 is 5.73 Å². The van der Waals surface area contributed by atoms with Crippen LogP contribution in [-0.4, -0.2) is 21.3 Å². The molecule has 0 bridgehead atoms. The Kier molecular flexibility index (Phi) is 3.20. The van der Waals surface area contributed by atoms with Crippen molar-refractivity contribution >= 4 is 17.6 Å². The van der Waals surface area contributed by atoms with Crippen molar-refractivity contribution in [1.29, 1.82) is 5.41 Å². The number of nitrogens with one attached hydrogen (secondary N) is 1. The van der Waals surface area contributed by atoms with Gasteiger partial charge in [0.2, 0.25) is 0 Å². The third kappa shape index (κ3) is 2.47. The molecular weight excluding hydrogens is 208 g/mol. The SMILES string of the molecule is N=C(N)c1ccnnc1SC1CCCC1. The summed E-state index contributed by atoms with van der Waals surface area (Å²) >= 11 is 1.71. The van der Waals surface area contributed by atoms with Crippen molar-refractivity contribution in [3.8, 4) is 0 Å². The van der Waals surface area contributed by atoms with E-state index in [2.05, 4.69) is 10.2 Å². The van der Waals surface area contributed by atoms with Crippen LogP contribution in [0.4, 0.5) is 0 Å². The number of aromatic nitrogens is 2. The van der Waals surface area contributed by atoms with E-state index in [0.717, 1.165) is 5.03 Å². The Hall–Kier alpha value is -1.10. The first-order chi connectivity index (χ1) is 7.27. The molecule has 0 aromatic carbocycles. The molecule has 1 saturated carbocycles. The van der Waals surface area contributed by atoms with Gasteiger partial charge in [0.25, 0.3) is 0 Å². The highest BCUT2D eigenvalue weighted by atomic mass is 32.2. The lowest BCUT2D eigenvalue weighted by Gasteiger charge is -2.09. The summed E-state index contributed by atoms with van der Waals surface area (Å²) in [5.41, 5.74) is 6.20. The Bertz CT molecular complexity index is 360. The third-order valence-corrected chi connectivity index (χ3v) is 3.89. The molecule has 4 nitrogen and oxygen atoms in total. The van der Waals surface area contributed by atoms with Crippen molar-refractivity contribution in [2.45, 2.75) is 36.0 Å². The molecule has 1 fully saturated rings. The molecule has 0 amide bonds. The number of nitrogen functional groups attached to an aromatic ring is 1. The zero-order chi connectivity index (χ0) is 10.7. The summed E-state index contributed by atoms with van der Waals surface area (Å²) in [6, 6.07) is 1.76. The summed E-state index contributed by atoms with van der Waals surface area (Å²) in [5.74, 6) is 0.0744. The normalized spacial score (nSPS) is 16.8. The Morgan fingerprint density at radius 2 is 2.20 bits per heavy atom. The van der Waals surface area contributed by atoms with E-state index in [4.69, 9.17) is 11.1 Å². The maximum absolute atomic E-state index is 7.45. The van der Waals surface area contributed by atoms with Crippen LogP contribution in [0.15, 0.2) is 17.3 Å². The first-order valence-corrected chi connectivity index (χ1v) is 5.98. The van der Waals surface area contributed by atoms with Gasteiger partial charge < -0.3 is 5.73 Å². The number of rotatable bonds is 3. The van der Waals surface area contributed by atoms with Gasteiger partial charge in [0.15, 0.2) is 0 Å². The third-order valence-electron chi connectivity index (χ3n) is 2.56. The summed E-state index contributed by atoms with van der Waals surface area (Å²) in [4.78, 5) is 0. The lowest BCUT2D eigenvalue weighted by Crippen LogP contribution is -2.14. The van der Waals surface area contributed by atoms with E-state index in [1.165, 1.54) is 25.7 Å². The largest absolute Gasteiger partial charge is 0.384 e. The summed E-state index contributed by atoms with van der Waals surface area (Å²) in [5, 5.41) is 16.8. The van der Waals surface area contributed by atoms with Crippen LogP contribution in [0.5, 0.6) is 0 Å². The van der Waals surface area contributed by atoms with Crippen LogP contribution in [0.3, 0.4) is 0 Å². The second-order valence-electron chi connectivity index (χ2n) is 3.69. The van der Waals surface area contributed by atoms with Crippen LogP contribution in [0, 0.1) is 5.41 Å². The lowest BCUT2D eigenvalue weighted by atomic mass is 10.3. The molecule has 15 heavy (non-hydrogen) atoms. The van der Waals surface area contributed by atoms with Gasteiger partial charge in [-0.1, -0.05) is 12.8 Å². The number of amidine groups is 1. The van der Waals surface area contributed by atoms with Gasteiger partial charge in [-0.3, -0.25) is 5.41 Å². The van der Waals surface area contributed by atoms with E-state index in [1.807, 2.05) is 0 Å². The van der Waals surface area contributed by atoms with Crippen molar-refractivity contribution in [3.05, 3.63) is 17.8 Å². The van der Waals surface area contributed by atoms with Crippen molar-refractivity contribution in [1.82, 2.24) is 10.2 Å². The fourth-order valence-electron chi connectivity index (χ4n) is 1.77. The van der Waals surface area contributed by atoms with Gasteiger partial charge in [-0.25, -0.2) is 0 Å². The molecule has 0 atom stereocenters. The Morgan fingerprint density at radius 3 is 2.87 bits per heavy atom. The quantitative estimate of drug-likeness (QED) is 0.604. The molecule has 1 aromatic rings. The molecule has 3 N–H and O–H groups in total. The van der Waals surface area contributed by atoms with Crippen LogP contribution in [-0.2, 0) is 0 Å². The zero-order valence-corrected chi connectivity index (χ0v) is 9.26. The van der Waals surface area contributed by atoms with Gasteiger partial charge in [-0.05, 0) is 18.9 Å². The Labute approximate surface area is 93.2 Å². The minimum Gasteiger partial charge on any atom is -0.384 e. The van der Waals surface area contributed by atoms with Gasteiger partial charge in [0.05, 0.1) is 11.8 Å². The average molecular weight is 222 g/mol. The fourth-order valence-corrected chi connectivity index (χ4v) is 3.06. The smallest absolute Gasteiger partial charge is 0.130 e. The highest BCUT2D eigenvalue weighted by molar-refractivity contribution is 7.99. The zero-order valence-electron chi connectivity index (χ0n) is 8.44. The molecule has 0 radical (unpaired) electrons. The first-order valence-electron chi connectivity index (χ1n) is 5.10. The van der Waals surface area contributed by atoms with Crippen molar-refractivity contribution < 1.29 is 0 Å². The minimum atomic E-state index is 0.0744. The molecular formula is C10H14N4S. The highest BCUT2D eigenvalue weighted by Crippen LogP contribution is 2.34. The molecule has 1 aliphatic carbocycles. The fraction of sp³-hybridized carbons (Fsp3) is 0.500. The van der Waals surface area contributed by atoms with Crippen LogP contribution in [0.1, 0.15) is 31.2 Å². The van der Waals surface area contributed by atoms with Gasteiger partial charge in [0, 0.05) is 5.25 Å². The first kappa shape index (κ1) is 10.4. The molecule has 1 aliphatic rings. The molecule has 1 aromatic heterocycles. The van der Waals surface area contributed by atoms with E-state index in [-0.39, 0.29) is 5.84 Å². The number of nitrogens with zero attached hydrogens (tertiary/aromatic N) is 2. The molecule has 80 valence electrons.